The van der Waals surface area contributed by atoms with Gasteiger partial charge in [0.1, 0.15) is 0 Å². The van der Waals surface area contributed by atoms with Crippen molar-refractivity contribution in [3.63, 3.8) is 0 Å². The number of likely N-dealkylation sites (tertiary alicyclic amines) is 2. The molecule has 2 saturated heterocycles. The molecule has 2 atom stereocenters. The van der Waals surface area contributed by atoms with Crippen LogP contribution in [0.3, 0.4) is 0 Å². The molecule has 0 unspecified atom stereocenters. The van der Waals surface area contributed by atoms with Crippen LogP contribution in [0.1, 0.15) is 43.5 Å². The fraction of sp³-hybridized carbons (Fsp3) is 0.579. The molecular formula is C19H25N3OS. The highest BCUT2D eigenvalue weighted by Crippen LogP contribution is 2.33. The summed E-state index contributed by atoms with van der Waals surface area (Å²) in [6.07, 6.45) is 4.65. The Kier molecular flexibility index (Phi) is 4.55. The lowest BCUT2D eigenvalue weighted by molar-refractivity contribution is -0.135. The van der Waals surface area contributed by atoms with Gasteiger partial charge in [-0.15, -0.1) is 11.3 Å². The standard InChI is InChI=1S/C19H25N3OS/c1-14(19(23)21-10-4-5-11-21)22-12-6-7-15(13-22)18-20-16-8-2-3-9-17(16)24-18/h2-3,8-9,14-15H,4-7,10-13H2,1H3/t14-,15-/m0/s1. The Bertz CT molecular complexity index is 689. The van der Waals surface area contributed by atoms with Gasteiger partial charge in [-0.2, -0.15) is 0 Å². The minimum absolute atomic E-state index is 0.000258. The Morgan fingerprint density at radius 1 is 1.21 bits per heavy atom. The maximum Gasteiger partial charge on any atom is 0.239 e. The van der Waals surface area contributed by atoms with Crippen molar-refractivity contribution >= 4 is 27.5 Å². The second-order valence-corrected chi connectivity index (χ2v) is 8.12. The summed E-state index contributed by atoms with van der Waals surface area (Å²) in [5.74, 6) is 0.780. The van der Waals surface area contributed by atoms with Crippen LogP contribution < -0.4 is 0 Å². The van der Waals surface area contributed by atoms with E-state index in [0.29, 0.717) is 11.8 Å². The second kappa shape index (κ2) is 6.81. The number of hydrogen-bond donors (Lipinski definition) is 0. The minimum Gasteiger partial charge on any atom is -0.341 e. The van der Waals surface area contributed by atoms with Gasteiger partial charge in [0.2, 0.25) is 5.91 Å². The lowest BCUT2D eigenvalue weighted by Gasteiger charge is -2.36. The Morgan fingerprint density at radius 2 is 2.00 bits per heavy atom. The Balaban J connectivity index is 1.47. The third kappa shape index (κ3) is 3.07. The van der Waals surface area contributed by atoms with Gasteiger partial charge in [-0.3, -0.25) is 9.69 Å². The molecule has 0 aliphatic carbocycles. The SMILES string of the molecule is C[C@@H](C(=O)N1CCCC1)N1CCC[C@H](c2nc3ccccc3s2)C1. The molecule has 2 aromatic rings. The van der Waals surface area contributed by atoms with Gasteiger partial charge in [0.05, 0.1) is 21.3 Å². The van der Waals surface area contributed by atoms with Crippen LogP contribution in [-0.2, 0) is 4.79 Å². The number of amides is 1. The minimum atomic E-state index is 0.000258. The summed E-state index contributed by atoms with van der Waals surface area (Å²) in [5, 5.41) is 1.24. The normalized spacial score (nSPS) is 23.7. The number of benzene rings is 1. The van der Waals surface area contributed by atoms with Gasteiger partial charge in [-0.25, -0.2) is 4.98 Å². The lowest BCUT2D eigenvalue weighted by atomic mass is 9.97. The van der Waals surface area contributed by atoms with Crippen LogP contribution in [0.4, 0.5) is 0 Å². The van der Waals surface area contributed by atoms with E-state index in [1.165, 1.54) is 16.1 Å². The van der Waals surface area contributed by atoms with Crippen molar-refractivity contribution in [1.82, 2.24) is 14.8 Å². The van der Waals surface area contributed by atoms with E-state index in [9.17, 15) is 4.79 Å². The third-order valence-corrected chi connectivity index (χ3v) is 6.63. The van der Waals surface area contributed by atoms with Crippen LogP contribution in [0.5, 0.6) is 0 Å². The Labute approximate surface area is 147 Å². The molecule has 1 aromatic heterocycles. The van der Waals surface area contributed by atoms with Gasteiger partial charge in [-0.05, 0) is 51.3 Å². The van der Waals surface area contributed by atoms with Gasteiger partial charge in [0.15, 0.2) is 0 Å². The number of para-hydroxylation sites is 1. The van der Waals surface area contributed by atoms with Crippen LogP contribution in [0, 0.1) is 0 Å². The molecule has 3 heterocycles. The first-order valence-corrected chi connectivity index (χ1v) is 9.92. The molecule has 5 heteroatoms. The largest absolute Gasteiger partial charge is 0.341 e. The van der Waals surface area contributed by atoms with Gasteiger partial charge >= 0.3 is 0 Å². The van der Waals surface area contributed by atoms with Crippen LogP contribution in [0.25, 0.3) is 10.2 Å². The molecule has 0 N–H and O–H groups in total. The van der Waals surface area contributed by atoms with Crippen molar-refractivity contribution in [2.45, 2.75) is 44.6 Å². The summed E-state index contributed by atoms with van der Waals surface area (Å²) in [6, 6.07) is 8.37. The number of thiazole rings is 1. The summed E-state index contributed by atoms with van der Waals surface area (Å²) in [6.45, 7) is 5.96. The average Bonchev–Trinajstić information content (AvgIpc) is 3.30. The summed E-state index contributed by atoms with van der Waals surface area (Å²) in [5.41, 5.74) is 1.11. The van der Waals surface area contributed by atoms with Gasteiger partial charge in [0.25, 0.3) is 0 Å². The summed E-state index contributed by atoms with van der Waals surface area (Å²) < 4.78 is 1.27. The Hall–Kier alpha value is -1.46. The first-order chi connectivity index (χ1) is 11.7. The molecule has 24 heavy (non-hydrogen) atoms. The molecule has 128 valence electrons. The van der Waals surface area contributed by atoms with Crippen molar-refractivity contribution < 1.29 is 4.79 Å². The van der Waals surface area contributed by atoms with Gasteiger partial charge in [0, 0.05) is 25.6 Å². The molecule has 2 aliphatic heterocycles. The molecule has 0 saturated carbocycles. The topological polar surface area (TPSA) is 36.4 Å². The van der Waals surface area contributed by atoms with E-state index < -0.39 is 0 Å². The van der Waals surface area contributed by atoms with E-state index in [-0.39, 0.29) is 6.04 Å². The number of nitrogens with zero attached hydrogens (tertiary/aromatic N) is 3. The highest BCUT2D eigenvalue weighted by Gasteiger charge is 2.32. The molecule has 2 aliphatic rings. The van der Waals surface area contributed by atoms with E-state index in [1.54, 1.807) is 0 Å². The van der Waals surface area contributed by atoms with Crippen LogP contribution >= 0.6 is 11.3 Å². The number of hydrogen-bond acceptors (Lipinski definition) is 4. The number of fused-ring (bicyclic) bond motifs is 1. The number of aromatic nitrogens is 1. The first-order valence-electron chi connectivity index (χ1n) is 9.10. The maximum absolute atomic E-state index is 12.7. The molecule has 0 spiro atoms. The van der Waals surface area contributed by atoms with Crippen molar-refractivity contribution in [3.05, 3.63) is 29.3 Å². The number of carbonyl (C=O) groups excluding carboxylic acids is 1. The van der Waals surface area contributed by atoms with Crippen LogP contribution in [0.2, 0.25) is 0 Å². The molecule has 0 radical (unpaired) electrons. The van der Waals surface area contributed by atoms with Crippen molar-refractivity contribution in [2.24, 2.45) is 0 Å². The molecule has 4 nitrogen and oxygen atoms in total. The van der Waals surface area contributed by atoms with E-state index >= 15 is 0 Å². The van der Waals surface area contributed by atoms with Gasteiger partial charge in [-0.1, -0.05) is 12.1 Å². The molecule has 4 rings (SSSR count). The van der Waals surface area contributed by atoms with Crippen molar-refractivity contribution in [3.8, 4) is 0 Å². The summed E-state index contributed by atoms with van der Waals surface area (Å²) in [4.78, 5) is 22.0. The predicted octanol–water partition coefficient (Wildman–Crippen LogP) is 3.49. The monoisotopic (exact) mass is 343 g/mol. The number of piperidine rings is 1. The van der Waals surface area contributed by atoms with E-state index in [4.69, 9.17) is 4.98 Å². The zero-order valence-corrected chi connectivity index (χ0v) is 15.1. The van der Waals surface area contributed by atoms with E-state index in [0.717, 1.165) is 51.0 Å². The lowest BCUT2D eigenvalue weighted by Crippen LogP contribution is -2.49. The fourth-order valence-electron chi connectivity index (χ4n) is 3.98. The van der Waals surface area contributed by atoms with Crippen molar-refractivity contribution in [2.75, 3.05) is 26.2 Å². The molecule has 1 aromatic carbocycles. The number of carbonyl (C=O) groups is 1. The van der Waals surface area contributed by atoms with Crippen LogP contribution in [-0.4, -0.2) is 52.9 Å². The zero-order valence-electron chi connectivity index (χ0n) is 14.3. The van der Waals surface area contributed by atoms with Crippen LogP contribution in [0.15, 0.2) is 24.3 Å². The molecule has 2 fully saturated rings. The smallest absolute Gasteiger partial charge is 0.239 e. The maximum atomic E-state index is 12.7. The molecule has 0 bridgehead atoms. The van der Waals surface area contributed by atoms with E-state index in [2.05, 4.69) is 36.1 Å². The molecular weight excluding hydrogens is 318 g/mol. The van der Waals surface area contributed by atoms with Crippen molar-refractivity contribution in [1.29, 1.82) is 0 Å². The predicted molar refractivity (Wildman–Crippen MR) is 98.4 cm³/mol. The highest BCUT2D eigenvalue weighted by atomic mass is 32.1. The second-order valence-electron chi connectivity index (χ2n) is 7.06. The highest BCUT2D eigenvalue weighted by molar-refractivity contribution is 7.18. The average molecular weight is 343 g/mol. The van der Waals surface area contributed by atoms with Gasteiger partial charge < -0.3 is 4.90 Å². The summed E-state index contributed by atoms with van der Waals surface area (Å²) in [7, 11) is 0. The third-order valence-electron chi connectivity index (χ3n) is 5.44. The number of rotatable bonds is 3. The molecule has 1 amide bonds. The zero-order chi connectivity index (χ0) is 16.5. The van der Waals surface area contributed by atoms with E-state index in [1.807, 2.05) is 16.2 Å². The fourth-order valence-corrected chi connectivity index (χ4v) is 5.08. The first kappa shape index (κ1) is 16.0. The quantitative estimate of drug-likeness (QED) is 0.856. The Morgan fingerprint density at radius 3 is 2.79 bits per heavy atom. The summed E-state index contributed by atoms with van der Waals surface area (Å²) >= 11 is 1.82.